The lowest BCUT2D eigenvalue weighted by Gasteiger charge is -2.18. The molecule has 0 fully saturated rings. The van der Waals surface area contributed by atoms with Crippen LogP contribution in [0.5, 0.6) is 0 Å². The number of furan rings is 2. The number of allylic oxidation sites excluding steroid dienone is 1. The van der Waals surface area contributed by atoms with Gasteiger partial charge in [0.1, 0.15) is 22.5 Å². The molecule has 3 aromatic heterocycles. The molecular weight excluding hydrogens is 651 g/mol. The molecule has 0 radical (unpaired) electrons. The van der Waals surface area contributed by atoms with E-state index in [1.807, 2.05) is 30.3 Å². The molecule has 5 heteroatoms. The summed E-state index contributed by atoms with van der Waals surface area (Å²) in [4.78, 5) is 15.7. The van der Waals surface area contributed by atoms with Gasteiger partial charge in [0, 0.05) is 50.4 Å². The summed E-state index contributed by atoms with van der Waals surface area (Å²) in [5.41, 5.74) is 8.54. The highest BCUT2D eigenvalue weighted by molar-refractivity contribution is 6.09. The van der Waals surface area contributed by atoms with Gasteiger partial charge in [0.15, 0.2) is 17.5 Å². The fourth-order valence-corrected chi connectivity index (χ4v) is 8.13. The number of para-hydroxylation sites is 2. The molecule has 250 valence electrons. The van der Waals surface area contributed by atoms with E-state index in [0.717, 1.165) is 83.9 Å². The average molecular weight is 682 g/mol. The van der Waals surface area contributed by atoms with Gasteiger partial charge in [0.2, 0.25) is 0 Å². The van der Waals surface area contributed by atoms with Gasteiger partial charge in [-0.15, -0.1) is 0 Å². The minimum atomic E-state index is 0.225. The lowest BCUT2D eigenvalue weighted by atomic mass is 9.88. The Balaban J connectivity index is 1.13. The normalized spacial score (nSPS) is 14.4. The van der Waals surface area contributed by atoms with Crippen LogP contribution in [-0.4, -0.2) is 15.0 Å². The van der Waals surface area contributed by atoms with E-state index in [4.69, 9.17) is 23.8 Å². The number of aromatic nitrogens is 3. The van der Waals surface area contributed by atoms with Crippen LogP contribution in [0.2, 0.25) is 0 Å². The van der Waals surface area contributed by atoms with Crippen molar-refractivity contribution < 1.29 is 8.83 Å². The third-order valence-corrected chi connectivity index (χ3v) is 10.6. The Morgan fingerprint density at radius 3 is 2.02 bits per heavy atom. The largest absolute Gasteiger partial charge is 0.460 e. The van der Waals surface area contributed by atoms with Crippen LogP contribution in [0.15, 0.2) is 161 Å². The zero-order valence-electron chi connectivity index (χ0n) is 28.9. The number of hydrogen-bond donors (Lipinski definition) is 0. The maximum Gasteiger partial charge on any atom is 0.164 e. The predicted octanol–water partition coefficient (Wildman–Crippen LogP) is 12.4. The molecule has 1 atom stereocenters. The Hall–Kier alpha value is -6.85. The first kappa shape index (κ1) is 29.8. The van der Waals surface area contributed by atoms with Crippen molar-refractivity contribution in [3.63, 3.8) is 0 Å². The summed E-state index contributed by atoms with van der Waals surface area (Å²) in [7, 11) is 0. The SMILES string of the molecule is C[C@@H]1C=C(c2nc(-c3ccc4c(ccc5ccccc54)c3)nc(-c3ccc4c(c3)oc3ccccc34)n2)c2c(oc3c(-c4ccccc4)cccc23)C1. The standard InChI is InChI=1S/C48H31N3O2/c1-28-24-40(44-39-16-9-15-36(29-10-3-2-4-11-29)45(39)53-43(44)25-28)48-50-46(32-20-22-35-31(26-32)19-18-30-12-5-6-13-34(30)35)49-47(51-48)33-21-23-38-37-14-7-8-17-41(37)52-42(38)27-33/h2-24,26-28H,25H2,1H3/t28-/m1/s1. The van der Waals surface area contributed by atoms with Crippen molar-refractivity contribution in [2.24, 2.45) is 5.92 Å². The number of nitrogens with zero attached hydrogens (tertiary/aromatic N) is 3. The summed E-state index contributed by atoms with van der Waals surface area (Å²) in [6, 6.07) is 50.6. The average Bonchev–Trinajstić information content (AvgIpc) is 3.78. The molecule has 7 aromatic carbocycles. The molecule has 0 saturated carbocycles. The second-order valence-electron chi connectivity index (χ2n) is 14.0. The van der Waals surface area contributed by atoms with E-state index in [9.17, 15) is 0 Å². The van der Waals surface area contributed by atoms with Crippen molar-refractivity contribution in [2.75, 3.05) is 0 Å². The topological polar surface area (TPSA) is 65.0 Å². The molecule has 0 spiro atoms. The van der Waals surface area contributed by atoms with Crippen LogP contribution in [0.4, 0.5) is 0 Å². The van der Waals surface area contributed by atoms with Gasteiger partial charge in [0.25, 0.3) is 0 Å². The van der Waals surface area contributed by atoms with Crippen LogP contribution in [0.3, 0.4) is 0 Å². The van der Waals surface area contributed by atoms with E-state index in [2.05, 4.69) is 128 Å². The Labute approximate surface area is 304 Å². The van der Waals surface area contributed by atoms with E-state index < -0.39 is 0 Å². The molecule has 0 bridgehead atoms. The van der Waals surface area contributed by atoms with Gasteiger partial charge < -0.3 is 8.83 Å². The van der Waals surface area contributed by atoms with Crippen LogP contribution in [0.1, 0.15) is 24.1 Å². The maximum absolute atomic E-state index is 6.76. The zero-order chi connectivity index (χ0) is 35.0. The van der Waals surface area contributed by atoms with Crippen molar-refractivity contribution in [3.8, 4) is 33.9 Å². The van der Waals surface area contributed by atoms with E-state index in [-0.39, 0.29) is 5.92 Å². The Morgan fingerprint density at radius 1 is 0.491 bits per heavy atom. The van der Waals surface area contributed by atoms with Gasteiger partial charge >= 0.3 is 0 Å². The Bertz CT molecular complexity index is 3120. The minimum absolute atomic E-state index is 0.225. The highest BCUT2D eigenvalue weighted by Gasteiger charge is 2.28. The number of hydrogen-bond acceptors (Lipinski definition) is 5. The fraction of sp³-hybridized carbons (Fsp3) is 0.0625. The summed E-state index contributed by atoms with van der Waals surface area (Å²) >= 11 is 0. The summed E-state index contributed by atoms with van der Waals surface area (Å²) < 4.78 is 13.1. The van der Waals surface area contributed by atoms with E-state index in [1.165, 1.54) is 16.2 Å². The van der Waals surface area contributed by atoms with Crippen molar-refractivity contribution in [1.29, 1.82) is 0 Å². The molecule has 11 rings (SSSR count). The van der Waals surface area contributed by atoms with Gasteiger partial charge in [-0.1, -0.05) is 134 Å². The molecule has 1 aliphatic carbocycles. The summed E-state index contributed by atoms with van der Waals surface area (Å²) in [5, 5.41) is 7.99. The lowest BCUT2D eigenvalue weighted by molar-refractivity contribution is 0.512. The lowest BCUT2D eigenvalue weighted by Crippen LogP contribution is -2.10. The number of fused-ring (bicyclic) bond motifs is 9. The van der Waals surface area contributed by atoms with Crippen molar-refractivity contribution in [2.45, 2.75) is 13.3 Å². The van der Waals surface area contributed by atoms with Crippen molar-refractivity contribution in [3.05, 3.63) is 169 Å². The van der Waals surface area contributed by atoms with Crippen LogP contribution in [0, 0.1) is 5.92 Å². The van der Waals surface area contributed by atoms with Gasteiger partial charge in [-0.25, -0.2) is 15.0 Å². The van der Waals surface area contributed by atoms with Crippen molar-refractivity contribution in [1.82, 2.24) is 15.0 Å². The molecular formula is C48H31N3O2. The quantitative estimate of drug-likeness (QED) is 0.173. The first-order valence-corrected chi connectivity index (χ1v) is 18.1. The smallest absolute Gasteiger partial charge is 0.164 e. The van der Waals surface area contributed by atoms with E-state index in [0.29, 0.717) is 17.5 Å². The van der Waals surface area contributed by atoms with Crippen LogP contribution in [-0.2, 0) is 6.42 Å². The van der Waals surface area contributed by atoms with Crippen molar-refractivity contribution >= 4 is 60.0 Å². The monoisotopic (exact) mass is 681 g/mol. The minimum Gasteiger partial charge on any atom is -0.460 e. The highest BCUT2D eigenvalue weighted by atomic mass is 16.3. The number of benzene rings is 7. The molecule has 0 unspecified atom stereocenters. The number of rotatable bonds is 4. The third-order valence-electron chi connectivity index (χ3n) is 10.6. The van der Waals surface area contributed by atoms with Crippen LogP contribution >= 0.6 is 0 Å². The Morgan fingerprint density at radius 2 is 1.15 bits per heavy atom. The molecule has 0 N–H and O–H groups in total. The van der Waals surface area contributed by atoms with Crippen LogP contribution in [0.25, 0.3) is 93.9 Å². The molecule has 0 aliphatic heterocycles. The van der Waals surface area contributed by atoms with Gasteiger partial charge in [-0.05, 0) is 57.3 Å². The summed E-state index contributed by atoms with van der Waals surface area (Å²) in [5.74, 6) is 3.00. The summed E-state index contributed by atoms with van der Waals surface area (Å²) in [6.45, 7) is 2.22. The maximum atomic E-state index is 6.76. The van der Waals surface area contributed by atoms with Gasteiger partial charge in [-0.3, -0.25) is 0 Å². The first-order valence-electron chi connectivity index (χ1n) is 18.1. The van der Waals surface area contributed by atoms with Gasteiger partial charge in [-0.2, -0.15) is 0 Å². The molecule has 5 nitrogen and oxygen atoms in total. The zero-order valence-corrected chi connectivity index (χ0v) is 28.9. The van der Waals surface area contributed by atoms with E-state index >= 15 is 0 Å². The molecule has 0 amide bonds. The molecule has 1 aliphatic rings. The fourth-order valence-electron chi connectivity index (χ4n) is 8.13. The molecule has 0 saturated heterocycles. The highest BCUT2D eigenvalue weighted by Crippen LogP contribution is 2.43. The molecule has 3 heterocycles. The first-order chi connectivity index (χ1) is 26.1. The third kappa shape index (κ3) is 4.81. The van der Waals surface area contributed by atoms with E-state index in [1.54, 1.807) is 0 Å². The second kappa shape index (κ2) is 11.6. The second-order valence-corrected chi connectivity index (χ2v) is 14.0. The Kier molecular flexibility index (Phi) is 6.52. The molecule has 53 heavy (non-hydrogen) atoms. The molecule has 10 aromatic rings. The van der Waals surface area contributed by atoms with Gasteiger partial charge in [0.05, 0.1) is 0 Å². The van der Waals surface area contributed by atoms with Crippen LogP contribution < -0.4 is 0 Å². The predicted molar refractivity (Wildman–Crippen MR) is 215 cm³/mol. The summed E-state index contributed by atoms with van der Waals surface area (Å²) in [6.07, 6.45) is 3.10.